The van der Waals surface area contributed by atoms with E-state index < -0.39 is 23.1 Å². The van der Waals surface area contributed by atoms with E-state index in [9.17, 15) is 22.4 Å². The number of alkyl halides is 3. The summed E-state index contributed by atoms with van der Waals surface area (Å²) >= 11 is 10.8. The highest BCUT2D eigenvalue weighted by atomic mass is 35.5. The number of rotatable bonds is 2. The molecule has 0 bridgehead atoms. The maximum Gasteiger partial charge on any atom is 0.417 e. The number of benzene rings is 1. The zero-order chi connectivity index (χ0) is 18.4. The van der Waals surface area contributed by atoms with Gasteiger partial charge in [0.05, 0.1) is 21.5 Å². The molecular formula is C14H7ClF4N4OS. The maximum absolute atomic E-state index is 13.3. The highest BCUT2D eigenvalue weighted by Crippen LogP contribution is 2.32. The molecule has 0 radical (unpaired) electrons. The number of anilines is 1. The van der Waals surface area contributed by atoms with Crippen LogP contribution >= 0.6 is 23.8 Å². The standard InChI is InChI=1S/C14H7ClF4N4OS/c15-9-3-6(14(17,18)19)5-20-11(9)22-23-12(24)8-4-7(16)1-2-10(8)21-13(23)25/h1-5H,(H,20,22)(H,21,25). The molecule has 130 valence electrons. The Bertz CT molecular complexity index is 1090. The number of aromatic nitrogens is 3. The van der Waals surface area contributed by atoms with Crippen LogP contribution in [0.15, 0.2) is 35.3 Å². The van der Waals surface area contributed by atoms with Crippen LogP contribution in [0.2, 0.25) is 5.02 Å². The number of aromatic amines is 1. The van der Waals surface area contributed by atoms with Crippen LogP contribution in [0.1, 0.15) is 5.56 Å². The van der Waals surface area contributed by atoms with Crippen LogP contribution < -0.4 is 11.0 Å². The molecule has 25 heavy (non-hydrogen) atoms. The van der Waals surface area contributed by atoms with Gasteiger partial charge in [0.2, 0.25) is 0 Å². The summed E-state index contributed by atoms with van der Waals surface area (Å²) in [6.45, 7) is 0. The molecule has 1 aromatic carbocycles. The van der Waals surface area contributed by atoms with E-state index in [0.717, 1.165) is 16.8 Å². The molecule has 0 aliphatic rings. The van der Waals surface area contributed by atoms with Crippen LogP contribution in [0.3, 0.4) is 0 Å². The fraction of sp³-hybridized carbons (Fsp3) is 0.0714. The van der Waals surface area contributed by atoms with Gasteiger partial charge in [0.15, 0.2) is 10.6 Å². The fourth-order valence-electron chi connectivity index (χ4n) is 2.07. The van der Waals surface area contributed by atoms with Crippen molar-refractivity contribution in [1.82, 2.24) is 14.6 Å². The van der Waals surface area contributed by atoms with Crippen molar-refractivity contribution in [3.8, 4) is 0 Å². The van der Waals surface area contributed by atoms with Crippen molar-refractivity contribution in [3.05, 3.63) is 62.0 Å². The molecule has 0 saturated heterocycles. The molecule has 0 fully saturated rings. The van der Waals surface area contributed by atoms with E-state index in [2.05, 4.69) is 15.4 Å². The molecule has 0 aliphatic carbocycles. The van der Waals surface area contributed by atoms with Crippen LogP contribution in [0.25, 0.3) is 10.9 Å². The maximum atomic E-state index is 13.3. The normalized spacial score (nSPS) is 11.7. The van der Waals surface area contributed by atoms with E-state index >= 15 is 0 Å². The van der Waals surface area contributed by atoms with Crippen molar-refractivity contribution in [1.29, 1.82) is 0 Å². The van der Waals surface area contributed by atoms with Crippen molar-refractivity contribution >= 4 is 40.5 Å². The second-order valence-corrected chi connectivity index (χ2v) is 5.72. The molecule has 2 N–H and O–H groups in total. The first-order valence-corrected chi connectivity index (χ1v) is 7.40. The summed E-state index contributed by atoms with van der Waals surface area (Å²) in [6.07, 6.45) is -4.05. The summed E-state index contributed by atoms with van der Waals surface area (Å²) in [4.78, 5) is 18.7. The topological polar surface area (TPSA) is 62.7 Å². The van der Waals surface area contributed by atoms with Gasteiger partial charge in [-0.1, -0.05) is 11.6 Å². The predicted molar refractivity (Wildman–Crippen MR) is 86.6 cm³/mol. The first kappa shape index (κ1) is 17.4. The minimum atomic E-state index is -4.61. The van der Waals surface area contributed by atoms with E-state index in [-0.39, 0.29) is 21.0 Å². The molecule has 2 heterocycles. The van der Waals surface area contributed by atoms with E-state index in [1.165, 1.54) is 6.07 Å². The van der Waals surface area contributed by atoms with Crippen LogP contribution in [0.4, 0.5) is 23.4 Å². The highest BCUT2D eigenvalue weighted by molar-refractivity contribution is 7.71. The molecule has 0 atom stereocenters. The van der Waals surface area contributed by atoms with Crippen molar-refractivity contribution in [3.63, 3.8) is 0 Å². The molecule has 3 rings (SSSR count). The van der Waals surface area contributed by atoms with Gasteiger partial charge in [-0.15, -0.1) is 0 Å². The molecule has 3 aromatic rings. The monoisotopic (exact) mass is 390 g/mol. The van der Waals surface area contributed by atoms with Gasteiger partial charge in [-0.05, 0) is 36.5 Å². The summed E-state index contributed by atoms with van der Waals surface area (Å²) in [5.41, 5.74) is 0.989. The number of pyridine rings is 1. The third-order valence-corrected chi connectivity index (χ3v) is 3.82. The van der Waals surface area contributed by atoms with Gasteiger partial charge >= 0.3 is 6.18 Å². The molecule has 0 saturated carbocycles. The third kappa shape index (κ3) is 3.35. The van der Waals surface area contributed by atoms with Crippen molar-refractivity contribution in [2.24, 2.45) is 0 Å². The molecule has 0 amide bonds. The lowest BCUT2D eigenvalue weighted by atomic mass is 10.2. The minimum absolute atomic E-state index is 0.0101. The van der Waals surface area contributed by atoms with E-state index in [1.807, 2.05) is 0 Å². The largest absolute Gasteiger partial charge is 0.417 e. The van der Waals surface area contributed by atoms with Gasteiger partial charge in [-0.3, -0.25) is 10.2 Å². The summed E-state index contributed by atoms with van der Waals surface area (Å²) in [7, 11) is 0. The molecular weight excluding hydrogens is 384 g/mol. The molecule has 5 nitrogen and oxygen atoms in total. The Morgan fingerprint density at radius 1 is 1.28 bits per heavy atom. The summed E-state index contributed by atoms with van der Waals surface area (Å²) < 4.78 is 52.0. The van der Waals surface area contributed by atoms with Crippen molar-refractivity contribution < 1.29 is 17.6 Å². The zero-order valence-corrected chi connectivity index (χ0v) is 13.6. The number of hydrogen-bond acceptors (Lipinski definition) is 4. The Morgan fingerprint density at radius 3 is 2.64 bits per heavy atom. The molecule has 2 aromatic heterocycles. The zero-order valence-electron chi connectivity index (χ0n) is 12.0. The summed E-state index contributed by atoms with van der Waals surface area (Å²) in [6, 6.07) is 4.16. The summed E-state index contributed by atoms with van der Waals surface area (Å²) in [5.74, 6) is -0.848. The third-order valence-electron chi connectivity index (χ3n) is 3.25. The van der Waals surface area contributed by atoms with Gasteiger partial charge < -0.3 is 4.98 Å². The number of halogens is 5. The van der Waals surface area contributed by atoms with Crippen molar-refractivity contribution in [2.75, 3.05) is 5.43 Å². The Labute approximate surface area is 146 Å². The first-order valence-electron chi connectivity index (χ1n) is 6.61. The molecule has 0 spiro atoms. The Balaban J connectivity index is 2.10. The minimum Gasteiger partial charge on any atom is -0.330 e. The first-order chi connectivity index (χ1) is 11.7. The van der Waals surface area contributed by atoms with E-state index in [4.69, 9.17) is 23.8 Å². The second kappa shape index (κ2) is 6.12. The summed E-state index contributed by atoms with van der Waals surface area (Å²) in [5, 5.41) is -0.375. The molecule has 11 heteroatoms. The lowest BCUT2D eigenvalue weighted by Crippen LogP contribution is -2.28. The number of nitrogens with one attached hydrogen (secondary N) is 2. The average molecular weight is 391 g/mol. The second-order valence-electron chi connectivity index (χ2n) is 4.92. The van der Waals surface area contributed by atoms with Gasteiger partial charge in [0.1, 0.15) is 5.82 Å². The number of fused-ring (bicyclic) bond motifs is 1. The fourth-order valence-corrected chi connectivity index (χ4v) is 2.52. The lowest BCUT2D eigenvalue weighted by molar-refractivity contribution is -0.137. The Kier molecular flexibility index (Phi) is 4.25. The van der Waals surface area contributed by atoms with Crippen LogP contribution in [0, 0.1) is 10.6 Å². The predicted octanol–water partition coefficient (Wildman–Crippen LogP) is 4.14. The molecule has 0 unspecified atom stereocenters. The van der Waals surface area contributed by atoms with Gasteiger partial charge in [0.25, 0.3) is 5.56 Å². The number of hydrogen-bond donors (Lipinski definition) is 2. The quantitative estimate of drug-likeness (QED) is 0.510. The smallest absolute Gasteiger partial charge is 0.330 e. The van der Waals surface area contributed by atoms with Gasteiger partial charge in [-0.2, -0.15) is 17.8 Å². The van der Waals surface area contributed by atoms with Gasteiger partial charge in [0, 0.05) is 6.20 Å². The SMILES string of the molecule is O=c1c2cc(F)ccc2[nH]c(=S)n1Nc1ncc(C(F)(F)F)cc1Cl. The van der Waals surface area contributed by atoms with E-state index in [1.54, 1.807) is 0 Å². The highest BCUT2D eigenvalue weighted by Gasteiger charge is 2.31. The van der Waals surface area contributed by atoms with E-state index in [0.29, 0.717) is 17.8 Å². The Hall–Kier alpha value is -2.46. The van der Waals surface area contributed by atoms with Gasteiger partial charge in [-0.25, -0.2) is 9.37 Å². The lowest BCUT2D eigenvalue weighted by Gasteiger charge is -2.13. The van der Waals surface area contributed by atoms with Crippen molar-refractivity contribution in [2.45, 2.75) is 6.18 Å². The Morgan fingerprint density at radius 2 is 2.00 bits per heavy atom. The average Bonchev–Trinajstić information content (AvgIpc) is 2.52. The number of H-pyrrole nitrogens is 1. The molecule has 0 aliphatic heterocycles. The van der Waals surface area contributed by atoms with Crippen LogP contribution in [0.5, 0.6) is 0 Å². The van der Waals surface area contributed by atoms with Crippen LogP contribution in [-0.2, 0) is 6.18 Å². The van der Waals surface area contributed by atoms with Crippen LogP contribution in [-0.4, -0.2) is 14.6 Å². The number of nitrogens with zero attached hydrogens (tertiary/aromatic N) is 2.